The number of hydrogen-bond acceptors (Lipinski definition) is 5. The molecular weight excluding hydrogens is 252 g/mol. The molecule has 0 radical (unpaired) electrons. The van der Waals surface area contributed by atoms with Gasteiger partial charge in [-0.15, -0.1) is 0 Å². The highest BCUT2D eigenvalue weighted by atomic mass is 16.3. The van der Waals surface area contributed by atoms with Crippen LogP contribution in [0.5, 0.6) is 0 Å². The van der Waals surface area contributed by atoms with Crippen LogP contribution < -0.4 is 11.1 Å². The van der Waals surface area contributed by atoms with Crippen molar-refractivity contribution in [1.82, 2.24) is 9.97 Å². The van der Waals surface area contributed by atoms with E-state index in [0.29, 0.717) is 18.2 Å². The van der Waals surface area contributed by atoms with Gasteiger partial charge in [-0.3, -0.25) is 0 Å². The molecule has 4 N–H and O–H groups in total. The first kappa shape index (κ1) is 14.5. The number of rotatable bonds is 6. The Bertz CT molecular complexity index is 573. The Morgan fingerprint density at radius 2 is 1.75 bits per heavy atom. The van der Waals surface area contributed by atoms with E-state index in [1.807, 2.05) is 24.3 Å². The van der Waals surface area contributed by atoms with Crippen LogP contribution in [-0.4, -0.2) is 28.2 Å². The van der Waals surface area contributed by atoms with E-state index in [2.05, 4.69) is 29.1 Å². The zero-order chi connectivity index (χ0) is 14.6. The first-order valence-electron chi connectivity index (χ1n) is 7.01. The van der Waals surface area contributed by atoms with Crippen molar-refractivity contribution in [3.05, 3.63) is 24.3 Å². The van der Waals surface area contributed by atoms with E-state index in [-0.39, 0.29) is 12.0 Å². The van der Waals surface area contributed by atoms with Crippen LogP contribution in [0.1, 0.15) is 26.7 Å². The van der Waals surface area contributed by atoms with Crippen LogP contribution in [0.3, 0.4) is 0 Å². The first-order chi connectivity index (χ1) is 9.64. The molecule has 0 unspecified atom stereocenters. The van der Waals surface area contributed by atoms with Crippen LogP contribution in [0.2, 0.25) is 0 Å². The first-order valence-corrected chi connectivity index (χ1v) is 7.01. The lowest BCUT2D eigenvalue weighted by atomic mass is 9.83. The molecule has 0 aliphatic carbocycles. The second-order valence-electron chi connectivity index (χ2n) is 5.16. The molecule has 20 heavy (non-hydrogen) atoms. The normalized spacial score (nSPS) is 11.8. The summed E-state index contributed by atoms with van der Waals surface area (Å²) in [6, 6.07) is 7.63. The average Bonchev–Trinajstić information content (AvgIpc) is 2.49. The van der Waals surface area contributed by atoms with E-state index in [1.165, 1.54) is 0 Å². The van der Waals surface area contributed by atoms with Gasteiger partial charge in [0.25, 0.3) is 0 Å². The van der Waals surface area contributed by atoms with Crippen molar-refractivity contribution in [2.45, 2.75) is 26.7 Å². The fourth-order valence-corrected chi connectivity index (χ4v) is 2.19. The molecule has 0 atom stereocenters. The Kier molecular flexibility index (Phi) is 4.39. The lowest BCUT2D eigenvalue weighted by molar-refractivity contribution is 0.127. The number of fused-ring (bicyclic) bond motifs is 1. The summed E-state index contributed by atoms with van der Waals surface area (Å²) in [5.41, 5.74) is 7.40. The van der Waals surface area contributed by atoms with Crippen molar-refractivity contribution in [3.63, 3.8) is 0 Å². The van der Waals surface area contributed by atoms with E-state index in [9.17, 15) is 5.11 Å². The predicted octanol–water partition coefficient (Wildman–Crippen LogP) is 2.42. The van der Waals surface area contributed by atoms with Crippen LogP contribution in [0.4, 0.5) is 11.6 Å². The smallest absolute Gasteiger partial charge is 0.169 e. The third-order valence-electron chi connectivity index (χ3n) is 4.06. The number of hydrogen-bond donors (Lipinski definition) is 3. The van der Waals surface area contributed by atoms with Gasteiger partial charge in [0.1, 0.15) is 0 Å². The van der Waals surface area contributed by atoms with Gasteiger partial charge in [-0.05, 0) is 25.0 Å². The highest BCUT2D eigenvalue weighted by Crippen LogP contribution is 2.27. The van der Waals surface area contributed by atoms with E-state index in [0.717, 1.165) is 23.9 Å². The fourth-order valence-electron chi connectivity index (χ4n) is 2.19. The standard InChI is InChI=1S/C15H22N4O/c1-3-15(4-2,10-20)9-17-14-13(16)18-11-7-5-6-8-12(11)19-14/h5-8,20H,3-4,9-10H2,1-2H3,(H2,16,18)(H,17,19). The molecule has 0 aliphatic rings. The molecular formula is C15H22N4O. The van der Waals surface area contributed by atoms with Crippen LogP contribution >= 0.6 is 0 Å². The lowest BCUT2D eigenvalue weighted by Gasteiger charge is -2.29. The number of aliphatic hydroxyl groups is 1. The molecule has 0 spiro atoms. The molecule has 5 heteroatoms. The minimum absolute atomic E-state index is 0.139. The van der Waals surface area contributed by atoms with E-state index in [4.69, 9.17) is 5.73 Å². The molecule has 0 fully saturated rings. The maximum absolute atomic E-state index is 9.59. The second-order valence-corrected chi connectivity index (χ2v) is 5.16. The van der Waals surface area contributed by atoms with Crippen LogP contribution in [0, 0.1) is 5.41 Å². The molecule has 1 aromatic heterocycles. The number of aliphatic hydroxyl groups excluding tert-OH is 1. The summed E-state index contributed by atoms with van der Waals surface area (Å²) < 4.78 is 0. The van der Waals surface area contributed by atoms with Crippen molar-refractivity contribution >= 4 is 22.7 Å². The second kappa shape index (κ2) is 6.05. The molecule has 2 rings (SSSR count). The molecule has 1 aromatic carbocycles. The zero-order valence-electron chi connectivity index (χ0n) is 12.1. The molecule has 108 valence electrons. The van der Waals surface area contributed by atoms with Crippen LogP contribution in [0.25, 0.3) is 11.0 Å². The topological polar surface area (TPSA) is 84.1 Å². The Balaban J connectivity index is 2.23. The van der Waals surface area contributed by atoms with Gasteiger partial charge in [0.15, 0.2) is 11.6 Å². The SMILES string of the molecule is CCC(CC)(CO)CNc1nc2ccccc2nc1N. The molecule has 0 bridgehead atoms. The number of benzene rings is 1. The largest absolute Gasteiger partial charge is 0.396 e. The van der Waals surface area contributed by atoms with Crippen molar-refractivity contribution in [2.75, 3.05) is 24.2 Å². The van der Waals surface area contributed by atoms with Gasteiger partial charge >= 0.3 is 0 Å². The Hall–Kier alpha value is -1.88. The summed E-state index contributed by atoms with van der Waals surface area (Å²) in [7, 11) is 0. The van der Waals surface area contributed by atoms with Gasteiger partial charge in [-0.25, -0.2) is 9.97 Å². The molecule has 0 saturated carbocycles. The quantitative estimate of drug-likeness (QED) is 0.753. The molecule has 0 saturated heterocycles. The van der Waals surface area contributed by atoms with Crippen molar-refractivity contribution in [2.24, 2.45) is 5.41 Å². The average molecular weight is 274 g/mol. The number of nitrogens with one attached hydrogen (secondary N) is 1. The minimum atomic E-state index is -0.139. The maximum atomic E-state index is 9.59. The fraction of sp³-hybridized carbons (Fsp3) is 0.467. The summed E-state index contributed by atoms with van der Waals surface area (Å²) in [5.74, 6) is 0.978. The van der Waals surface area contributed by atoms with Gasteiger partial charge in [0.05, 0.1) is 17.6 Å². The summed E-state index contributed by atoms with van der Waals surface area (Å²) in [6.07, 6.45) is 1.79. The lowest BCUT2D eigenvalue weighted by Crippen LogP contribution is -2.32. The van der Waals surface area contributed by atoms with Gasteiger partial charge < -0.3 is 16.2 Å². The zero-order valence-corrected chi connectivity index (χ0v) is 12.1. The predicted molar refractivity (Wildman–Crippen MR) is 82.5 cm³/mol. The highest BCUT2D eigenvalue weighted by molar-refractivity contribution is 5.79. The Morgan fingerprint density at radius 1 is 1.15 bits per heavy atom. The number of aromatic nitrogens is 2. The van der Waals surface area contributed by atoms with Gasteiger partial charge in [-0.2, -0.15) is 0 Å². The molecule has 0 amide bonds. The Morgan fingerprint density at radius 3 is 2.30 bits per heavy atom. The van der Waals surface area contributed by atoms with Crippen molar-refractivity contribution in [1.29, 1.82) is 0 Å². The van der Waals surface area contributed by atoms with E-state index in [1.54, 1.807) is 0 Å². The maximum Gasteiger partial charge on any atom is 0.169 e. The van der Waals surface area contributed by atoms with Crippen molar-refractivity contribution < 1.29 is 5.11 Å². The van der Waals surface area contributed by atoms with Gasteiger partial charge in [-0.1, -0.05) is 26.0 Å². The third kappa shape index (κ3) is 2.82. The molecule has 1 heterocycles. The molecule has 0 aliphatic heterocycles. The monoisotopic (exact) mass is 274 g/mol. The molecule has 2 aromatic rings. The van der Waals surface area contributed by atoms with Gasteiger partial charge in [0.2, 0.25) is 0 Å². The van der Waals surface area contributed by atoms with Crippen LogP contribution in [0.15, 0.2) is 24.3 Å². The number of nitrogens with zero attached hydrogens (tertiary/aromatic N) is 2. The molecule has 5 nitrogen and oxygen atoms in total. The summed E-state index contributed by atoms with van der Waals surface area (Å²) >= 11 is 0. The number of anilines is 2. The third-order valence-corrected chi connectivity index (χ3v) is 4.06. The van der Waals surface area contributed by atoms with E-state index < -0.39 is 0 Å². The van der Waals surface area contributed by atoms with Crippen molar-refractivity contribution in [3.8, 4) is 0 Å². The number of para-hydroxylation sites is 2. The number of nitrogen functional groups attached to an aromatic ring is 1. The van der Waals surface area contributed by atoms with E-state index >= 15 is 0 Å². The summed E-state index contributed by atoms with van der Waals surface area (Å²) in [4.78, 5) is 8.84. The minimum Gasteiger partial charge on any atom is -0.396 e. The van der Waals surface area contributed by atoms with Gasteiger partial charge in [0, 0.05) is 12.0 Å². The summed E-state index contributed by atoms with van der Waals surface area (Å²) in [5, 5.41) is 12.8. The summed E-state index contributed by atoms with van der Waals surface area (Å²) in [6.45, 7) is 4.94. The highest BCUT2D eigenvalue weighted by Gasteiger charge is 2.25. The Labute approximate surface area is 119 Å². The van der Waals surface area contributed by atoms with Crippen LogP contribution in [-0.2, 0) is 0 Å². The number of nitrogens with two attached hydrogens (primary N) is 1.